The van der Waals surface area contributed by atoms with Gasteiger partial charge in [-0.05, 0) is 36.5 Å². The third-order valence-electron chi connectivity index (χ3n) is 3.87. The smallest absolute Gasteiger partial charge is 0.243 e. The second kappa shape index (κ2) is 9.06. The van der Waals surface area contributed by atoms with Crippen molar-refractivity contribution in [1.82, 2.24) is 4.90 Å². The zero-order valence-corrected chi connectivity index (χ0v) is 16.3. The predicted molar refractivity (Wildman–Crippen MR) is 99.9 cm³/mol. The van der Waals surface area contributed by atoms with Gasteiger partial charge in [-0.2, -0.15) is 0 Å². The molecule has 1 aromatic rings. The molecule has 0 unspecified atom stereocenters. The fourth-order valence-electron chi connectivity index (χ4n) is 2.55. The van der Waals surface area contributed by atoms with Gasteiger partial charge in [0.2, 0.25) is 15.9 Å². The molecule has 1 aromatic carbocycles. The first-order chi connectivity index (χ1) is 11.2. The number of carbonyl (C=O) groups is 1. The van der Waals surface area contributed by atoms with Gasteiger partial charge in [-0.15, -0.1) is 0 Å². The first kappa shape index (κ1) is 20.5. The quantitative estimate of drug-likeness (QED) is 0.684. The lowest BCUT2D eigenvalue weighted by Gasteiger charge is -2.27. The molecule has 0 aromatic heterocycles. The van der Waals surface area contributed by atoms with E-state index in [4.69, 9.17) is 0 Å². The molecule has 0 fully saturated rings. The van der Waals surface area contributed by atoms with Crippen LogP contribution in [0.3, 0.4) is 0 Å². The monoisotopic (exact) mass is 354 g/mol. The SMILES string of the molecule is CCCN(CCC)C(=O)CN(c1ccc(C(C)C)cc1)S(C)(=O)=O. The lowest BCUT2D eigenvalue weighted by atomic mass is 10.0. The maximum atomic E-state index is 12.5. The molecule has 0 saturated carbocycles. The van der Waals surface area contributed by atoms with E-state index in [1.54, 1.807) is 17.0 Å². The molecule has 0 saturated heterocycles. The lowest BCUT2D eigenvalue weighted by molar-refractivity contribution is -0.129. The number of sulfonamides is 1. The van der Waals surface area contributed by atoms with Crippen molar-refractivity contribution >= 4 is 21.6 Å². The lowest BCUT2D eigenvalue weighted by Crippen LogP contribution is -2.43. The van der Waals surface area contributed by atoms with Crippen LogP contribution in [-0.2, 0) is 14.8 Å². The van der Waals surface area contributed by atoms with E-state index < -0.39 is 10.0 Å². The standard InChI is InChI=1S/C18H30N2O3S/c1-6-12-19(13-7-2)18(21)14-20(24(5,22)23)17-10-8-16(9-11-17)15(3)4/h8-11,15H,6-7,12-14H2,1-5H3. The Morgan fingerprint density at radius 3 is 1.92 bits per heavy atom. The number of benzene rings is 1. The summed E-state index contributed by atoms with van der Waals surface area (Å²) in [6.07, 6.45) is 2.85. The van der Waals surface area contributed by atoms with Gasteiger partial charge < -0.3 is 4.90 Å². The number of carbonyl (C=O) groups excluding carboxylic acids is 1. The Labute approximate surface area is 146 Å². The third kappa shape index (κ3) is 5.82. The first-order valence-corrected chi connectivity index (χ1v) is 10.4. The van der Waals surface area contributed by atoms with Gasteiger partial charge in [-0.25, -0.2) is 8.42 Å². The predicted octanol–water partition coefficient (Wildman–Crippen LogP) is 3.22. The molecule has 0 atom stereocenters. The van der Waals surface area contributed by atoms with Gasteiger partial charge in [0.15, 0.2) is 0 Å². The van der Waals surface area contributed by atoms with Crippen molar-refractivity contribution in [3.05, 3.63) is 29.8 Å². The van der Waals surface area contributed by atoms with Gasteiger partial charge in [0.1, 0.15) is 6.54 Å². The van der Waals surface area contributed by atoms with Crippen molar-refractivity contribution in [1.29, 1.82) is 0 Å². The Hall–Kier alpha value is -1.56. The summed E-state index contributed by atoms with van der Waals surface area (Å²) in [5, 5.41) is 0. The van der Waals surface area contributed by atoms with Crippen molar-refractivity contribution in [3.63, 3.8) is 0 Å². The Balaban J connectivity index is 3.04. The van der Waals surface area contributed by atoms with E-state index in [9.17, 15) is 13.2 Å². The molecule has 1 rings (SSSR count). The van der Waals surface area contributed by atoms with Crippen LogP contribution in [0.15, 0.2) is 24.3 Å². The Morgan fingerprint density at radius 1 is 1.04 bits per heavy atom. The largest absolute Gasteiger partial charge is 0.341 e. The minimum Gasteiger partial charge on any atom is -0.341 e. The summed E-state index contributed by atoms with van der Waals surface area (Å²) < 4.78 is 25.6. The van der Waals surface area contributed by atoms with Gasteiger partial charge in [-0.3, -0.25) is 9.10 Å². The third-order valence-corrected chi connectivity index (χ3v) is 5.01. The van der Waals surface area contributed by atoms with Crippen molar-refractivity contribution in [3.8, 4) is 0 Å². The highest BCUT2D eigenvalue weighted by Crippen LogP contribution is 2.22. The number of hydrogen-bond acceptors (Lipinski definition) is 3. The zero-order valence-electron chi connectivity index (χ0n) is 15.4. The molecule has 0 aliphatic heterocycles. The van der Waals surface area contributed by atoms with E-state index in [0.717, 1.165) is 24.7 Å². The van der Waals surface area contributed by atoms with Crippen molar-refractivity contribution in [2.75, 3.05) is 30.2 Å². The minimum absolute atomic E-state index is 0.153. The number of nitrogens with zero attached hydrogens (tertiary/aromatic N) is 2. The molecule has 0 bridgehead atoms. The van der Waals surface area contributed by atoms with Crippen LogP contribution in [0.1, 0.15) is 52.0 Å². The molecule has 0 heterocycles. The molecule has 5 nitrogen and oxygen atoms in total. The van der Waals surface area contributed by atoms with Crippen molar-refractivity contribution in [2.45, 2.75) is 46.5 Å². The Bertz CT molecular complexity index is 618. The van der Waals surface area contributed by atoms with Crippen LogP contribution in [0.25, 0.3) is 0 Å². The fraction of sp³-hybridized carbons (Fsp3) is 0.611. The maximum Gasteiger partial charge on any atom is 0.243 e. The zero-order chi connectivity index (χ0) is 18.3. The van der Waals surface area contributed by atoms with Gasteiger partial charge >= 0.3 is 0 Å². The van der Waals surface area contributed by atoms with Gasteiger partial charge in [0, 0.05) is 13.1 Å². The normalized spacial score (nSPS) is 11.6. The number of rotatable bonds is 9. The summed E-state index contributed by atoms with van der Waals surface area (Å²) in [5.41, 5.74) is 1.67. The van der Waals surface area contributed by atoms with E-state index in [1.165, 1.54) is 4.31 Å². The van der Waals surface area contributed by atoms with Gasteiger partial charge in [-0.1, -0.05) is 39.8 Å². The van der Waals surface area contributed by atoms with Crippen molar-refractivity contribution < 1.29 is 13.2 Å². The summed E-state index contributed by atoms with van der Waals surface area (Å²) in [6.45, 7) is 9.33. The van der Waals surface area contributed by atoms with E-state index in [1.807, 2.05) is 26.0 Å². The molecule has 24 heavy (non-hydrogen) atoms. The topological polar surface area (TPSA) is 57.7 Å². The van der Waals surface area contributed by atoms with Crippen LogP contribution in [0, 0.1) is 0 Å². The minimum atomic E-state index is -3.52. The van der Waals surface area contributed by atoms with Crippen molar-refractivity contribution in [2.24, 2.45) is 0 Å². The molecular formula is C18H30N2O3S. The molecule has 0 aliphatic carbocycles. The number of hydrogen-bond donors (Lipinski definition) is 0. The maximum absolute atomic E-state index is 12.5. The second-order valence-corrected chi connectivity index (χ2v) is 8.30. The van der Waals surface area contributed by atoms with Crippen LogP contribution >= 0.6 is 0 Å². The highest BCUT2D eigenvalue weighted by atomic mass is 32.2. The molecule has 0 aliphatic rings. The number of amides is 1. The molecule has 6 heteroatoms. The average molecular weight is 355 g/mol. The van der Waals surface area contributed by atoms with E-state index >= 15 is 0 Å². The molecule has 0 radical (unpaired) electrons. The molecule has 1 amide bonds. The molecule has 0 spiro atoms. The molecule has 136 valence electrons. The van der Waals surface area contributed by atoms with Crippen LogP contribution in [-0.4, -0.2) is 45.1 Å². The van der Waals surface area contributed by atoms with Crippen LogP contribution < -0.4 is 4.31 Å². The summed E-state index contributed by atoms with van der Waals surface area (Å²) in [4.78, 5) is 14.3. The summed E-state index contributed by atoms with van der Waals surface area (Å²) >= 11 is 0. The van der Waals surface area contributed by atoms with Gasteiger partial charge in [0.05, 0.1) is 11.9 Å². The van der Waals surface area contributed by atoms with Crippen LogP contribution in [0.5, 0.6) is 0 Å². The first-order valence-electron chi connectivity index (χ1n) is 8.56. The van der Waals surface area contributed by atoms with E-state index in [0.29, 0.717) is 24.7 Å². The molecule has 0 N–H and O–H groups in total. The van der Waals surface area contributed by atoms with Gasteiger partial charge in [0.25, 0.3) is 0 Å². The summed E-state index contributed by atoms with van der Waals surface area (Å²) in [6, 6.07) is 7.37. The summed E-state index contributed by atoms with van der Waals surface area (Å²) in [7, 11) is -3.52. The highest BCUT2D eigenvalue weighted by molar-refractivity contribution is 7.92. The molecular weight excluding hydrogens is 324 g/mol. The van der Waals surface area contributed by atoms with E-state index in [-0.39, 0.29) is 12.5 Å². The second-order valence-electron chi connectivity index (χ2n) is 6.40. The average Bonchev–Trinajstić information content (AvgIpc) is 2.51. The van der Waals surface area contributed by atoms with E-state index in [2.05, 4.69) is 13.8 Å². The summed E-state index contributed by atoms with van der Waals surface area (Å²) in [5.74, 6) is 0.217. The fourth-order valence-corrected chi connectivity index (χ4v) is 3.40. The highest BCUT2D eigenvalue weighted by Gasteiger charge is 2.23. The van der Waals surface area contributed by atoms with Crippen LogP contribution in [0.4, 0.5) is 5.69 Å². The Morgan fingerprint density at radius 2 is 1.54 bits per heavy atom. The number of anilines is 1. The Kier molecular flexibility index (Phi) is 7.73. The van der Waals surface area contributed by atoms with Crippen LogP contribution in [0.2, 0.25) is 0 Å².